The van der Waals surface area contributed by atoms with E-state index in [4.69, 9.17) is 16.3 Å². The molecule has 0 saturated carbocycles. The summed E-state index contributed by atoms with van der Waals surface area (Å²) in [6.07, 6.45) is 1.65. The van der Waals surface area contributed by atoms with Crippen LogP contribution in [0.15, 0.2) is 60.8 Å². The number of carbonyl (C=O) groups is 2. The second-order valence-corrected chi connectivity index (χ2v) is 5.69. The molecule has 0 unspecified atom stereocenters. The summed E-state index contributed by atoms with van der Waals surface area (Å²) in [5, 5.41) is 3.93. The molecule has 7 nitrogen and oxygen atoms in total. The predicted octanol–water partition coefficient (Wildman–Crippen LogP) is 3.12. The average Bonchev–Trinajstić information content (AvgIpc) is 2.64. The van der Waals surface area contributed by atoms with Crippen LogP contribution in [0.25, 0.3) is 10.9 Å². The van der Waals surface area contributed by atoms with Crippen molar-refractivity contribution in [3.05, 3.63) is 65.8 Å². The van der Waals surface area contributed by atoms with E-state index < -0.39 is 11.9 Å². The lowest BCUT2D eigenvalue weighted by atomic mass is 10.2. The van der Waals surface area contributed by atoms with Gasteiger partial charge in [-0.25, -0.2) is 10.2 Å². The number of hydrazine groups is 1. The lowest BCUT2D eigenvalue weighted by molar-refractivity contribution is -0.123. The van der Waals surface area contributed by atoms with Gasteiger partial charge < -0.3 is 10.1 Å². The molecule has 3 rings (SSSR count). The number of hydrogen-bond acceptors (Lipinski definition) is 4. The van der Waals surface area contributed by atoms with E-state index in [0.29, 0.717) is 22.0 Å². The zero-order valence-corrected chi connectivity index (χ0v) is 14.3. The summed E-state index contributed by atoms with van der Waals surface area (Å²) in [5.41, 5.74) is 5.66. The minimum atomic E-state index is -0.604. The molecule has 0 aliphatic carbocycles. The lowest BCUT2D eigenvalue weighted by Gasteiger charge is -2.11. The number of nitrogens with one attached hydrogen (secondary N) is 3. The number of anilines is 1. The van der Waals surface area contributed by atoms with Gasteiger partial charge in [0.2, 0.25) is 0 Å². The number of rotatable bonds is 4. The van der Waals surface area contributed by atoms with Crippen molar-refractivity contribution >= 4 is 40.1 Å². The summed E-state index contributed by atoms with van der Waals surface area (Å²) in [6, 6.07) is 15.2. The minimum Gasteiger partial charge on any atom is -0.481 e. The van der Waals surface area contributed by atoms with Gasteiger partial charge in [-0.2, -0.15) is 0 Å². The van der Waals surface area contributed by atoms with E-state index in [1.165, 1.54) is 0 Å². The van der Waals surface area contributed by atoms with Crippen molar-refractivity contribution in [3.63, 3.8) is 0 Å². The average molecular weight is 371 g/mol. The van der Waals surface area contributed by atoms with Crippen molar-refractivity contribution in [2.45, 2.75) is 0 Å². The predicted molar refractivity (Wildman–Crippen MR) is 99.0 cm³/mol. The van der Waals surface area contributed by atoms with Gasteiger partial charge in [-0.05, 0) is 30.3 Å². The summed E-state index contributed by atoms with van der Waals surface area (Å²) < 4.78 is 5.48. The molecule has 0 atom stereocenters. The fourth-order valence-corrected chi connectivity index (χ4v) is 2.42. The molecule has 1 heterocycles. The highest BCUT2D eigenvalue weighted by molar-refractivity contribution is 6.30. The number of halogens is 1. The molecule has 0 bridgehead atoms. The number of fused-ring (bicyclic) bond motifs is 1. The van der Waals surface area contributed by atoms with Crippen molar-refractivity contribution in [2.24, 2.45) is 0 Å². The molecule has 3 N–H and O–H groups in total. The van der Waals surface area contributed by atoms with Crippen LogP contribution in [0.5, 0.6) is 5.75 Å². The molecule has 2 aromatic carbocycles. The molecule has 3 amide bonds. The van der Waals surface area contributed by atoms with Gasteiger partial charge in [0.1, 0.15) is 11.3 Å². The van der Waals surface area contributed by atoms with E-state index in [9.17, 15) is 9.59 Å². The number of amides is 3. The van der Waals surface area contributed by atoms with Gasteiger partial charge in [0.05, 0.1) is 0 Å². The lowest BCUT2D eigenvalue weighted by Crippen LogP contribution is -2.45. The third-order valence-corrected chi connectivity index (χ3v) is 3.59. The van der Waals surface area contributed by atoms with Crippen molar-refractivity contribution in [1.29, 1.82) is 0 Å². The second-order valence-electron chi connectivity index (χ2n) is 5.26. The van der Waals surface area contributed by atoms with Crippen LogP contribution in [0.4, 0.5) is 10.5 Å². The van der Waals surface area contributed by atoms with Crippen LogP contribution in [0.3, 0.4) is 0 Å². The number of hydrogen-bond donors (Lipinski definition) is 3. The van der Waals surface area contributed by atoms with Gasteiger partial charge in [0.25, 0.3) is 5.91 Å². The highest BCUT2D eigenvalue weighted by atomic mass is 35.5. The standard InChI is InChI=1S/C18H15ClN4O3/c19-13-6-2-7-14(10-13)21-18(25)23-22-16(24)11-26-15-8-1-4-12-5-3-9-20-17(12)15/h1-10H,11H2,(H,22,24)(H2,21,23,25). The Labute approximate surface area is 154 Å². The Morgan fingerprint density at radius 2 is 1.85 bits per heavy atom. The topological polar surface area (TPSA) is 92.3 Å². The maximum Gasteiger partial charge on any atom is 0.337 e. The number of benzene rings is 2. The van der Waals surface area contributed by atoms with Crippen LogP contribution in [-0.2, 0) is 4.79 Å². The molecule has 0 fully saturated rings. The molecular weight excluding hydrogens is 356 g/mol. The molecule has 26 heavy (non-hydrogen) atoms. The van der Waals surface area contributed by atoms with E-state index in [0.717, 1.165) is 5.39 Å². The highest BCUT2D eigenvalue weighted by Crippen LogP contribution is 2.22. The third kappa shape index (κ3) is 4.61. The smallest absolute Gasteiger partial charge is 0.337 e. The first-order chi connectivity index (χ1) is 12.6. The normalized spacial score (nSPS) is 10.2. The van der Waals surface area contributed by atoms with Gasteiger partial charge >= 0.3 is 6.03 Å². The molecular formula is C18H15ClN4O3. The maximum atomic E-state index is 11.8. The summed E-state index contributed by atoms with van der Waals surface area (Å²) in [7, 11) is 0. The van der Waals surface area contributed by atoms with Crippen molar-refractivity contribution in [1.82, 2.24) is 15.8 Å². The largest absolute Gasteiger partial charge is 0.481 e. The van der Waals surface area contributed by atoms with Crippen LogP contribution in [0.1, 0.15) is 0 Å². The minimum absolute atomic E-state index is 0.271. The number of urea groups is 1. The number of para-hydroxylation sites is 1. The molecule has 0 spiro atoms. The molecule has 132 valence electrons. The fourth-order valence-electron chi connectivity index (χ4n) is 2.23. The molecule has 0 aliphatic heterocycles. The van der Waals surface area contributed by atoms with E-state index in [-0.39, 0.29) is 6.61 Å². The van der Waals surface area contributed by atoms with Gasteiger partial charge in [0.15, 0.2) is 6.61 Å². The Morgan fingerprint density at radius 3 is 2.69 bits per heavy atom. The van der Waals surface area contributed by atoms with Crippen LogP contribution in [0.2, 0.25) is 5.02 Å². The Balaban J connectivity index is 1.49. The van der Waals surface area contributed by atoms with E-state index in [2.05, 4.69) is 21.2 Å². The first-order valence-electron chi connectivity index (χ1n) is 7.70. The monoisotopic (exact) mass is 370 g/mol. The number of nitrogens with zero attached hydrogens (tertiary/aromatic N) is 1. The molecule has 8 heteroatoms. The summed E-state index contributed by atoms with van der Waals surface area (Å²) in [5.74, 6) is -0.0270. The summed E-state index contributed by atoms with van der Waals surface area (Å²) in [6.45, 7) is -0.271. The quantitative estimate of drug-likeness (QED) is 0.615. The van der Waals surface area contributed by atoms with Crippen LogP contribution in [-0.4, -0.2) is 23.5 Å². The third-order valence-electron chi connectivity index (χ3n) is 3.35. The van der Waals surface area contributed by atoms with Crippen molar-refractivity contribution in [3.8, 4) is 5.75 Å². The van der Waals surface area contributed by atoms with Crippen molar-refractivity contribution < 1.29 is 14.3 Å². The van der Waals surface area contributed by atoms with Gasteiger partial charge in [-0.15, -0.1) is 0 Å². The molecule has 3 aromatic rings. The Kier molecular flexibility index (Phi) is 5.50. The Morgan fingerprint density at radius 1 is 1.04 bits per heavy atom. The Bertz CT molecular complexity index is 943. The molecule has 0 saturated heterocycles. The molecule has 0 radical (unpaired) electrons. The second kappa shape index (κ2) is 8.17. The number of aromatic nitrogens is 1. The van der Waals surface area contributed by atoms with E-state index in [1.54, 1.807) is 36.5 Å². The van der Waals surface area contributed by atoms with E-state index in [1.807, 2.05) is 24.3 Å². The fraction of sp³-hybridized carbons (Fsp3) is 0.0556. The van der Waals surface area contributed by atoms with Crippen LogP contribution in [0, 0.1) is 0 Å². The Hall–Kier alpha value is -3.32. The van der Waals surface area contributed by atoms with Gasteiger partial charge in [-0.3, -0.25) is 15.2 Å². The molecule has 1 aromatic heterocycles. The first kappa shape index (κ1) is 17.5. The summed E-state index contributed by atoms with van der Waals surface area (Å²) in [4.78, 5) is 27.8. The van der Waals surface area contributed by atoms with E-state index >= 15 is 0 Å². The first-order valence-corrected chi connectivity index (χ1v) is 8.07. The van der Waals surface area contributed by atoms with Gasteiger partial charge in [-0.1, -0.05) is 35.9 Å². The number of carbonyl (C=O) groups excluding carboxylic acids is 2. The SMILES string of the molecule is O=C(COc1cccc2cccnc12)NNC(=O)Nc1cccc(Cl)c1. The number of pyridine rings is 1. The zero-order chi connectivity index (χ0) is 18.4. The summed E-state index contributed by atoms with van der Waals surface area (Å²) >= 11 is 5.83. The highest BCUT2D eigenvalue weighted by Gasteiger charge is 2.08. The maximum absolute atomic E-state index is 11.8. The number of ether oxygens (including phenoxy) is 1. The van der Waals surface area contributed by atoms with Crippen molar-refractivity contribution in [2.75, 3.05) is 11.9 Å². The molecule has 0 aliphatic rings. The van der Waals surface area contributed by atoms with Crippen LogP contribution < -0.4 is 20.9 Å². The zero-order valence-electron chi connectivity index (χ0n) is 13.5. The van der Waals surface area contributed by atoms with Gasteiger partial charge in [0, 0.05) is 22.3 Å². The van der Waals surface area contributed by atoms with Crippen LogP contribution >= 0.6 is 11.6 Å².